The second kappa shape index (κ2) is 7.81. The third-order valence-corrected chi connectivity index (χ3v) is 6.89. The van der Waals surface area contributed by atoms with Crippen molar-refractivity contribution in [2.75, 3.05) is 5.32 Å². The lowest BCUT2D eigenvalue weighted by Crippen LogP contribution is -2.10. The number of aromatic nitrogens is 1. The standard InChI is InChI=1S/C21H17FN2O3S2/c1-14(15-6-3-2-4-7-15)23-20-21(24-19(27-20)18-8-5-13-28-18)29(25,26)17-11-9-16(22)10-12-17/h2-14,23H,1H3. The molecule has 1 unspecified atom stereocenters. The number of thiophene rings is 1. The van der Waals surface area contributed by atoms with Gasteiger partial charge in [0.25, 0.3) is 0 Å². The van der Waals surface area contributed by atoms with Gasteiger partial charge in [0.1, 0.15) is 5.82 Å². The fourth-order valence-electron chi connectivity index (χ4n) is 2.83. The van der Waals surface area contributed by atoms with Crippen molar-refractivity contribution in [1.29, 1.82) is 0 Å². The highest BCUT2D eigenvalue weighted by Gasteiger charge is 2.29. The van der Waals surface area contributed by atoms with E-state index in [1.54, 1.807) is 6.07 Å². The molecule has 2 aromatic heterocycles. The van der Waals surface area contributed by atoms with Gasteiger partial charge < -0.3 is 9.73 Å². The predicted molar refractivity (Wildman–Crippen MR) is 110 cm³/mol. The van der Waals surface area contributed by atoms with Crippen molar-refractivity contribution in [2.24, 2.45) is 0 Å². The normalized spacial score (nSPS) is 12.6. The lowest BCUT2D eigenvalue weighted by molar-refractivity contribution is 0.571. The number of rotatable bonds is 6. The smallest absolute Gasteiger partial charge is 0.240 e. The highest BCUT2D eigenvalue weighted by atomic mass is 32.2. The number of benzene rings is 2. The molecule has 5 nitrogen and oxygen atoms in total. The molecule has 0 aliphatic rings. The number of anilines is 1. The van der Waals surface area contributed by atoms with Gasteiger partial charge in [0, 0.05) is 0 Å². The molecule has 0 saturated carbocycles. The summed E-state index contributed by atoms with van der Waals surface area (Å²) in [4.78, 5) is 4.92. The average Bonchev–Trinajstić information content (AvgIpc) is 3.39. The van der Waals surface area contributed by atoms with E-state index in [2.05, 4.69) is 10.3 Å². The first-order valence-corrected chi connectivity index (χ1v) is 11.2. The minimum absolute atomic E-state index is 0.0501. The van der Waals surface area contributed by atoms with Crippen LogP contribution >= 0.6 is 11.3 Å². The van der Waals surface area contributed by atoms with Crippen molar-refractivity contribution >= 4 is 27.1 Å². The highest BCUT2D eigenvalue weighted by Crippen LogP contribution is 2.35. The van der Waals surface area contributed by atoms with Crippen LogP contribution < -0.4 is 5.32 Å². The molecule has 0 radical (unpaired) electrons. The second-order valence-electron chi connectivity index (χ2n) is 6.36. The fraction of sp³-hybridized carbons (Fsp3) is 0.0952. The summed E-state index contributed by atoms with van der Waals surface area (Å²) >= 11 is 1.39. The van der Waals surface area contributed by atoms with Crippen LogP contribution in [0.25, 0.3) is 10.8 Å². The van der Waals surface area contributed by atoms with E-state index in [-0.39, 0.29) is 27.7 Å². The SMILES string of the molecule is CC(Nc1oc(-c2cccs2)nc1S(=O)(=O)c1ccc(F)cc1)c1ccccc1. The van der Waals surface area contributed by atoms with E-state index in [0.29, 0.717) is 4.88 Å². The van der Waals surface area contributed by atoms with Gasteiger partial charge in [-0.3, -0.25) is 0 Å². The molecule has 0 amide bonds. The zero-order chi connectivity index (χ0) is 20.4. The zero-order valence-electron chi connectivity index (χ0n) is 15.4. The first-order chi connectivity index (χ1) is 13.9. The number of sulfone groups is 1. The largest absolute Gasteiger partial charge is 0.418 e. The van der Waals surface area contributed by atoms with Crippen LogP contribution in [0.4, 0.5) is 10.3 Å². The minimum Gasteiger partial charge on any atom is -0.418 e. The monoisotopic (exact) mass is 428 g/mol. The van der Waals surface area contributed by atoms with E-state index in [4.69, 9.17) is 4.42 Å². The van der Waals surface area contributed by atoms with Gasteiger partial charge >= 0.3 is 0 Å². The summed E-state index contributed by atoms with van der Waals surface area (Å²) in [5.74, 6) is -0.253. The summed E-state index contributed by atoms with van der Waals surface area (Å²) < 4.78 is 45.5. The number of halogens is 1. The summed E-state index contributed by atoms with van der Waals surface area (Å²) in [6, 6.07) is 17.6. The van der Waals surface area contributed by atoms with E-state index in [0.717, 1.165) is 17.7 Å². The van der Waals surface area contributed by atoms with E-state index < -0.39 is 15.7 Å². The predicted octanol–water partition coefficient (Wildman–Crippen LogP) is 5.55. The molecule has 2 aromatic carbocycles. The van der Waals surface area contributed by atoms with E-state index >= 15 is 0 Å². The molecule has 29 heavy (non-hydrogen) atoms. The highest BCUT2D eigenvalue weighted by molar-refractivity contribution is 7.91. The molecule has 0 spiro atoms. The quantitative estimate of drug-likeness (QED) is 0.408. The van der Waals surface area contributed by atoms with Crippen molar-refractivity contribution in [1.82, 2.24) is 4.98 Å². The molecule has 4 aromatic rings. The molecule has 0 fully saturated rings. The van der Waals surface area contributed by atoms with Crippen LogP contribution in [-0.4, -0.2) is 13.4 Å². The van der Waals surface area contributed by atoms with Crippen molar-refractivity contribution in [3.63, 3.8) is 0 Å². The van der Waals surface area contributed by atoms with Crippen molar-refractivity contribution in [3.05, 3.63) is 83.5 Å². The van der Waals surface area contributed by atoms with E-state index in [1.807, 2.05) is 48.7 Å². The average molecular weight is 429 g/mol. The number of hydrogen-bond acceptors (Lipinski definition) is 6. The topological polar surface area (TPSA) is 72.2 Å². The first-order valence-electron chi connectivity index (χ1n) is 8.82. The van der Waals surface area contributed by atoms with E-state index in [1.165, 1.54) is 23.5 Å². The maximum absolute atomic E-state index is 13.3. The van der Waals surface area contributed by atoms with Crippen molar-refractivity contribution < 1.29 is 17.2 Å². The number of nitrogens with zero attached hydrogens (tertiary/aromatic N) is 1. The maximum atomic E-state index is 13.3. The third-order valence-electron chi connectivity index (χ3n) is 4.35. The Bertz CT molecular complexity index is 1200. The molecule has 4 rings (SSSR count). The second-order valence-corrected chi connectivity index (χ2v) is 9.18. The Kier molecular flexibility index (Phi) is 5.21. The van der Waals surface area contributed by atoms with Crippen LogP contribution in [0.2, 0.25) is 0 Å². The Balaban J connectivity index is 1.78. The van der Waals surface area contributed by atoms with Gasteiger partial charge in [-0.2, -0.15) is 4.98 Å². The molecular formula is C21H17FN2O3S2. The molecule has 1 atom stereocenters. The Morgan fingerprint density at radius 2 is 1.76 bits per heavy atom. The van der Waals surface area contributed by atoms with Gasteiger partial charge in [-0.25, -0.2) is 12.8 Å². The van der Waals surface area contributed by atoms with Gasteiger partial charge in [-0.15, -0.1) is 11.3 Å². The lowest BCUT2D eigenvalue weighted by Gasteiger charge is -2.14. The molecule has 0 aliphatic heterocycles. The van der Waals surface area contributed by atoms with Gasteiger partial charge in [-0.05, 0) is 48.2 Å². The molecule has 0 saturated heterocycles. The summed E-state index contributed by atoms with van der Waals surface area (Å²) in [5.41, 5.74) is 0.965. The van der Waals surface area contributed by atoms with Crippen molar-refractivity contribution in [2.45, 2.75) is 22.9 Å². The molecule has 0 aliphatic carbocycles. The van der Waals surface area contributed by atoms with Crippen LogP contribution in [0.15, 0.2) is 86.4 Å². The van der Waals surface area contributed by atoms with Gasteiger partial charge in [0.2, 0.25) is 26.6 Å². The Morgan fingerprint density at radius 1 is 1.03 bits per heavy atom. The number of hydrogen-bond donors (Lipinski definition) is 1. The Morgan fingerprint density at radius 3 is 2.41 bits per heavy atom. The van der Waals surface area contributed by atoms with Gasteiger partial charge in [-0.1, -0.05) is 36.4 Å². The van der Waals surface area contributed by atoms with Crippen LogP contribution in [0.3, 0.4) is 0 Å². The van der Waals surface area contributed by atoms with E-state index in [9.17, 15) is 12.8 Å². The van der Waals surface area contributed by atoms with Gasteiger partial charge in [0.05, 0.1) is 15.8 Å². The first kappa shape index (κ1) is 19.4. The summed E-state index contributed by atoms with van der Waals surface area (Å²) in [6.07, 6.45) is 0. The van der Waals surface area contributed by atoms with Gasteiger partial charge in [0.15, 0.2) is 0 Å². The molecule has 1 N–H and O–H groups in total. The third kappa shape index (κ3) is 3.94. The van der Waals surface area contributed by atoms with Crippen LogP contribution in [0.5, 0.6) is 0 Å². The number of nitrogens with one attached hydrogen (secondary N) is 1. The Labute approximate surface area is 171 Å². The zero-order valence-corrected chi connectivity index (χ0v) is 17.0. The molecular weight excluding hydrogens is 411 g/mol. The summed E-state index contributed by atoms with van der Waals surface area (Å²) in [6.45, 7) is 1.90. The van der Waals surface area contributed by atoms with Crippen LogP contribution in [0, 0.1) is 5.82 Å². The minimum atomic E-state index is -4.01. The molecule has 0 bridgehead atoms. The van der Waals surface area contributed by atoms with Crippen molar-refractivity contribution in [3.8, 4) is 10.8 Å². The molecule has 8 heteroatoms. The summed E-state index contributed by atoms with van der Waals surface area (Å²) in [7, 11) is -4.01. The fourth-order valence-corrected chi connectivity index (χ4v) is 4.75. The maximum Gasteiger partial charge on any atom is 0.240 e. The lowest BCUT2D eigenvalue weighted by atomic mass is 10.1. The molecule has 2 heterocycles. The van der Waals surface area contributed by atoms with Crippen LogP contribution in [-0.2, 0) is 9.84 Å². The van der Waals surface area contributed by atoms with Crippen LogP contribution in [0.1, 0.15) is 18.5 Å². The molecule has 148 valence electrons. The number of oxazole rings is 1. The Hall–Kier alpha value is -2.97. The summed E-state index contributed by atoms with van der Waals surface area (Å²) in [5, 5.41) is 4.75.